The molecule has 2 N–H and O–H groups in total. The third kappa shape index (κ3) is 3.24. The lowest BCUT2D eigenvalue weighted by Crippen LogP contribution is -2.44. The summed E-state index contributed by atoms with van der Waals surface area (Å²) in [5.41, 5.74) is 2.72. The minimum Gasteiger partial charge on any atom is -0.346 e. The van der Waals surface area contributed by atoms with Crippen molar-refractivity contribution < 1.29 is 9.59 Å². The zero-order valence-corrected chi connectivity index (χ0v) is 15.0. The topological polar surface area (TPSA) is 102 Å². The third-order valence-corrected chi connectivity index (χ3v) is 5.38. The van der Waals surface area contributed by atoms with Crippen LogP contribution in [0.15, 0.2) is 54.7 Å². The molecule has 2 heterocycles. The minimum atomic E-state index is -0.313. The summed E-state index contributed by atoms with van der Waals surface area (Å²) in [5.74, 6) is -0.507. The second kappa shape index (κ2) is 7.12. The lowest BCUT2D eigenvalue weighted by Gasteiger charge is -2.22. The highest BCUT2D eigenvalue weighted by atomic mass is 32.1. The Morgan fingerprint density at radius 1 is 1.26 bits per heavy atom. The highest BCUT2D eigenvalue weighted by molar-refractivity contribution is 7.12. The van der Waals surface area contributed by atoms with Crippen LogP contribution in [-0.4, -0.2) is 38.1 Å². The van der Waals surface area contributed by atoms with E-state index >= 15 is 0 Å². The van der Waals surface area contributed by atoms with E-state index in [0.29, 0.717) is 17.0 Å². The van der Waals surface area contributed by atoms with Crippen molar-refractivity contribution in [3.63, 3.8) is 0 Å². The number of benzene rings is 1. The first-order chi connectivity index (χ1) is 13.2. The van der Waals surface area contributed by atoms with Crippen LogP contribution in [-0.2, 0) is 11.2 Å². The van der Waals surface area contributed by atoms with Crippen LogP contribution < -0.4 is 10.6 Å². The fourth-order valence-corrected chi connectivity index (χ4v) is 4.06. The standard InChI is InChI=1S/C18H16N6O2S/c1-2-15(25)21-16-12-6-4-3-5-11(12)9-13(16)20-18(26)17-14(7-8-27-17)24-10-19-22-23-24/h2-8,10,13,16H,1,9H2,(H,20,26)(H,21,25)/t13-,16-/m1/s1. The number of nitrogens with one attached hydrogen (secondary N) is 2. The maximum absolute atomic E-state index is 12.9. The third-order valence-electron chi connectivity index (χ3n) is 4.48. The molecule has 1 aliphatic rings. The number of carbonyl (C=O) groups excluding carboxylic acids is 2. The molecule has 2 amide bonds. The fourth-order valence-electron chi connectivity index (χ4n) is 3.28. The lowest BCUT2D eigenvalue weighted by atomic mass is 10.1. The molecule has 0 saturated carbocycles. The second-order valence-corrected chi connectivity index (χ2v) is 6.98. The molecule has 0 spiro atoms. The summed E-state index contributed by atoms with van der Waals surface area (Å²) < 4.78 is 1.45. The van der Waals surface area contributed by atoms with Crippen molar-refractivity contribution >= 4 is 23.2 Å². The van der Waals surface area contributed by atoms with Gasteiger partial charge in [0.05, 0.1) is 17.8 Å². The van der Waals surface area contributed by atoms with E-state index in [1.807, 2.05) is 29.6 Å². The van der Waals surface area contributed by atoms with Crippen LogP contribution in [0.5, 0.6) is 0 Å². The average Bonchev–Trinajstić information content (AvgIpc) is 3.41. The van der Waals surface area contributed by atoms with Crippen molar-refractivity contribution in [2.45, 2.75) is 18.5 Å². The molecule has 9 heteroatoms. The van der Waals surface area contributed by atoms with Crippen LogP contribution in [0.4, 0.5) is 0 Å². The summed E-state index contributed by atoms with van der Waals surface area (Å²) >= 11 is 1.31. The van der Waals surface area contributed by atoms with Crippen LogP contribution in [0.2, 0.25) is 0 Å². The molecule has 0 radical (unpaired) electrons. The van der Waals surface area contributed by atoms with Crippen molar-refractivity contribution in [2.75, 3.05) is 0 Å². The zero-order valence-electron chi connectivity index (χ0n) is 14.2. The van der Waals surface area contributed by atoms with Gasteiger partial charge in [0.15, 0.2) is 0 Å². The molecular weight excluding hydrogens is 364 g/mol. The molecule has 27 heavy (non-hydrogen) atoms. The predicted molar refractivity (Wildman–Crippen MR) is 99.5 cm³/mol. The molecule has 0 fully saturated rings. The number of aromatic nitrogens is 4. The SMILES string of the molecule is C=CC(=O)N[C@@H]1c2ccccc2C[C@H]1NC(=O)c1sccc1-n1cnnn1. The summed E-state index contributed by atoms with van der Waals surface area (Å²) in [6.45, 7) is 3.51. The number of hydrogen-bond donors (Lipinski definition) is 2. The van der Waals surface area contributed by atoms with Crippen LogP contribution in [0.3, 0.4) is 0 Å². The number of fused-ring (bicyclic) bond motifs is 1. The number of amides is 2. The van der Waals surface area contributed by atoms with Crippen molar-refractivity contribution in [1.29, 1.82) is 0 Å². The Bertz CT molecular complexity index is 997. The second-order valence-electron chi connectivity index (χ2n) is 6.06. The Hall–Kier alpha value is -3.33. The van der Waals surface area contributed by atoms with E-state index in [0.717, 1.165) is 11.1 Å². The van der Waals surface area contributed by atoms with Crippen LogP contribution in [0, 0.1) is 0 Å². The van der Waals surface area contributed by atoms with Gasteiger partial charge >= 0.3 is 0 Å². The van der Waals surface area contributed by atoms with Gasteiger partial charge in [-0.1, -0.05) is 30.8 Å². The van der Waals surface area contributed by atoms with Gasteiger partial charge in [-0.2, -0.15) is 4.68 Å². The quantitative estimate of drug-likeness (QED) is 0.652. The molecule has 0 bridgehead atoms. The number of carbonyl (C=O) groups is 2. The number of thiophene rings is 1. The molecule has 1 aromatic carbocycles. The van der Waals surface area contributed by atoms with E-state index in [-0.39, 0.29) is 23.9 Å². The van der Waals surface area contributed by atoms with Crippen LogP contribution in [0.25, 0.3) is 5.69 Å². The molecule has 3 aromatic rings. The summed E-state index contributed by atoms with van der Waals surface area (Å²) in [7, 11) is 0. The van der Waals surface area contributed by atoms with Gasteiger partial charge in [0.25, 0.3) is 5.91 Å². The normalized spacial score (nSPS) is 17.9. The van der Waals surface area contributed by atoms with Crippen molar-refractivity contribution in [3.05, 3.63) is 70.7 Å². The van der Waals surface area contributed by atoms with Gasteiger partial charge in [-0.25, -0.2) is 0 Å². The molecule has 4 rings (SSSR count). The molecule has 0 unspecified atom stereocenters. The van der Waals surface area contributed by atoms with Gasteiger partial charge in [0, 0.05) is 0 Å². The number of hydrogen-bond acceptors (Lipinski definition) is 6. The summed E-state index contributed by atoms with van der Waals surface area (Å²) in [4.78, 5) is 25.3. The first-order valence-corrected chi connectivity index (χ1v) is 9.18. The van der Waals surface area contributed by atoms with Gasteiger partial charge in [0.2, 0.25) is 5.91 Å². The Balaban J connectivity index is 1.58. The Kier molecular flexibility index (Phi) is 4.51. The zero-order chi connectivity index (χ0) is 18.8. The van der Waals surface area contributed by atoms with E-state index in [2.05, 4.69) is 32.7 Å². The Labute approximate surface area is 158 Å². The summed E-state index contributed by atoms with van der Waals surface area (Å²) in [6, 6.07) is 9.06. The molecule has 136 valence electrons. The molecule has 1 aliphatic carbocycles. The molecule has 8 nitrogen and oxygen atoms in total. The monoisotopic (exact) mass is 380 g/mol. The Morgan fingerprint density at radius 3 is 2.89 bits per heavy atom. The lowest BCUT2D eigenvalue weighted by molar-refractivity contribution is -0.117. The minimum absolute atomic E-state index is 0.230. The van der Waals surface area contributed by atoms with Crippen molar-refractivity contribution in [3.8, 4) is 5.69 Å². The fraction of sp³-hybridized carbons (Fsp3) is 0.167. The van der Waals surface area contributed by atoms with Gasteiger partial charge in [-0.3, -0.25) is 9.59 Å². The number of nitrogens with zero attached hydrogens (tertiary/aromatic N) is 4. The van der Waals surface area contributed by atoms with Gasteiger partial charge in [-0.15, -0.1) is 16.4 Å². The first kappa shape index (κ1) is 17.1. The van der Waals surface area contributed by atoms with Gasteiger partial charge in [0.1, 0.15) is 11.2 Å². The van der Waals surface area contributed by atoms with Gasteiger partial charge < -0.3 is 10.6 Å². The van der Waals surface area contributed by atoms with Crippen molar-refractivity contribution in [1.82, 2.24) is 30.8 Å². The van der Waals surface area contributed by atoms with Crippen molar-refractivity contribution in [2.24, 2.45) is 0 Å². The van der Waals surface area contributed by atoms with E-state index in [1.54, 1.807) is 6.07 Å². The van der Waals surface area contributed by atoms with E-state index in [1.165, 1.54) is 28.4 Å². The molecule has 0 aliphatic heterocycles. The maximum atomic E-state index is 12.9. The average molecular weight is 380 g/mol. The number of rotatable bonds is 5. The molecule has 0 saturated heterocycles. The first-order valence-electron chi connectivity index (χ1n) is 8.30. The largest absolute Gasteiger partial charge is 0.346 e. The molecular formula is C18H16N6O2S. The van der Waals surface area contributed by atoms with Crippen LogP contribution in [0.1, 0.15) is 26.8 Å². The summed E-state index contributed by atoms with van der Waals surface area (Å²) in [5, 5.41) is 18.9. The van der Waals surface area contributed by atoms with Gasteiger partial charge in [-0.05, 0) is 45.5 Å². The van der Waals surface area contributed by atoms with E-state index in [4.69, 9.17) is 0 Å². The predicted octanol–water partition coefficient (Wildman–Crippen LogP) is 1.42. The molecule has 2 atom stereocenters. The highest BCUT2D eigenvalue weighted by Gasteiger charge is 2.34. The smallest absolute Gasteiger partial charge is 0.263 e. The Morgan fingerprint density at radius 2 is 2.11 bits per heavy atom. The van der Waals surface area contributed by atoms with E-state index in [9.17, 15) is 9.59 Å². The number of tetrazole rings is 1. The van der Waals surface area contributed by atoms with E-state index < -0.39 is 0 Å². The highest BCUT2D eigenvalue weighted by Crippen LogP contribution is 2.32. The molecule has 2 aromatic heterocycles. The van der Waals surface area contributed by atoms with Crippen LogP contribution >= 0.6 is 11.3 Å². The maximum Gasteiger partial charge on any atom is 0.263 e. The summed E-state index contributed by atoms with van der Waals surface area (Å²) in [6.07, 6.45) is 3.31.